The maximum Gasteiger partial charge on any atom is 0.214 e. The fourth-order valence-corrected chi connectivity index (χ4v) is 3.46. The van der Waals surface area contributed by atoms with Gasteiger partial charge in [0.1, 0.15) is 0 Å². The highest BCUT2D eigenvalue weighted by molar-refractivity contribution is 7.90. The predicted molar refractivity (Wildman–Crippen MR) is 66.9 cm³/mol. The van der Waals surface area contributed by atoms with Crippen molar-refractivity contribution in [3.05, 3.63) is 0 Å². The Morgan fingerprint density at radius 1 is 1.31 bits per heavy atom. The van der Waals surface area contributed by atoms with E-state index < -0.39 is 10.0 Å². The van der Waals surface area contributed by atoms with Gasteiger partial charge in [-0.05, 0) is 39.3 Å². The zero-order chi connectivity index (χ0) is 12.3. The van der Waals surface area contributed by atoms with Crippen molar-refractivity contribution >= 4 is 10.0 Å². The topological polar surface area (TPSA) is 49.4 Å². The van der Waals surface area contributed by atoms with Gasteiger partial charge in [0.05, 0.1) is 5.25 Å². The first kappa shape index (κ1) is 13.9. The summed E-state index contributed by atoms with van der Waals surface area (Å²) in [6.07, 6.45) is 2.54. The predicted octanol–water partition coefficient (Wildman–Crippen LogP) is 1.04. The third kappa shape index (κ3) is 4.80. The van der Waals surface area contributed by atoms with Crippen molar-refractivity contribution in [1.29, 1.82) is 0 Å². The van der Waals surface area contributed by atoms with E-state index in [0.29, 0.717) is 5.92 Å². The van der Waals surface area contributed by atoms with Gasteiger partial charge in [-0.25, -0.2) is 13.1 Å². The Morgan fingerprint density at radius 2 is 1.88 bits per heavy atom. The van der Waals surface area contributed by atoms with Crippen LogP contribution in [0.2, 0.25) is 0 Å². The number of hydrogen-bond acceptors (Lipinski definition) is 3. The van der Waals surface area contributed by atoms with E-state index in [9.17, 15) is 8.42 Å². The van der Waals surface area contributed by atoms with Gasteiger partial charge in [0.15, 0.2) is 0 Å². The summed E-state index contributed by atoms with van der Waals surface area (Å²) < 4.78 is 26.5. The molecule has 0 amide bonds. The van der Waals surface area contributed by atoms with Crippen molar-refractivity contribution < 1.29 is 8.42 Å². The summed E-state index contributed by atoms with van der Waals surface area (Å²) in [4.78, 5) is 2.03. The maximum atomic E-state index is 11.8. The molecule has 0 radical (unpaired) electrons. The molecule has 0 heterocycles. The lowest BCUT2D eigenvalue weighted by Crippen LogP contribution is -2.43. The van der Waals surface area contributed by atoms with Crippen LogP contribution in [-0.4, -0.2) is 45.2 Å². The quantitative estimate of drug-likeness (QED) is 0.732. The Bertz CT molecular complexity index is 298. The molecule has 1 aliphatic rings. The third-order valence-corrected chi connectivity index (χ3v) is 4.65. The molecule has 1 saturated carbocycles. The first-order valence-corrected chi connectivity index (χ1v) is 7.51. The van der Waals surface area contributed by atoms with Crippen LogP contribution in [0.3, 0.4) is 0 Å². The van der Waals surface area contributed by atoms with Crippen LogP contribution in [0.15, 0.2) is 0 Å². The van der Waals surface area contributed by atoms with Crippen molar-refractivity contribution in [1.82, 2.24) is 9.62 Å². The summed E-state index contributed by atoms with van der Waals surface area (Å²) in [5.74, 6) is 0.506. The van der Waals surface area contributed by atoms with Crippen LogP contribution in [-0.2, 0) is 10.0 Å². The minimum atomic E-state index is -3.05. The van der Waals surface area contributed by atoms with Crippen LogP contribution in [0.25, 0.3) is 0 Å². The smallest absolute Gasteiger partial charge is 0.214 e. The van der Waals surface area contributed by atoms with Crippen LogP contribution < -0.4 is 4.72 Å². The minimum absolute atomic E-state index is 0.0422. The van der Waals surface area contributed by atoms with Crippen molar-refractivity contribution in [3.63, 3.8) is 0 Å². The van der Waals surface area contributed by atoms with Gasteiger partial charge in [-0.3, -0.25) is 0 Å². The van der Waals surface area contributed by atoms with Gasteiger partial charge in [0, 0.05) is 12.6 Å². The van der Waals surface area contributed by atoms with E-state index in [1.807, 2.05) is 19.0 Å². The van der Waals surface area contributed by atoms with Gasteiger partial charge in [0.2, 0.25) is 10.0 Å². The Balaban J connectivity index is 2.54. The molecule has 1 aliphatic carbocycles. The highest BCUT2D eigenvalue weighted by atomic mass is 32.2. The number of rotatable bonds is 7. The standard InChI is InChI=1S/C11H24N2O2S/c1-9(2)7-10(8-13(3)4)12-16(14,15)11-5-6-11/h9-12H,5-8H2,1-4H3. The van der Waals surface area contributed by atoms with Gasteiger partial charge in [0.25, 0.3) is 0 Å². The van der Waals surface area contributed by atoms with Crippen LogP contribution in [0, 0.1) is 5.92 Å². The molecular formula is C11H24N2O2S. The van der Waals surface area contributed by atoms with Crippen LogP contribution in [0.1, 0.15) is 33.1 Å². The molecule has 0 saturated heterocycles. The molecule has 5 heteroatoms. The van der Waals surface area contributed by atoms with Gasteiger partial charge in [-0.1, -0.05) is 13.8 Å². The molecule has 0 bridgehead atoms. The summed E-state index contributed by atoms with van der Waals surface area (Å²) in [6, 6.07) is 0.0422. The lowest BCUT2D eigenvalue weighted by molar-refractivity contribution is 0.329. The number of sulfonamides is 1. The van der Waals surface area contributed by atoms with Crippen molar-refractivity contribution in [2.75, 3.05) is 20.6 Å². The van der Waals surface area contributed by atoms with E-state index >= 15 is 0 Å². The fourth-order valence-electron chi connectivity index (χ4n) is 1.88. The highest BCUT2D eigenvalue weighted by Gasteiger charge is 2.36. The Labute approximate surface area is 99.5 Å². The van der Waals surface area contributed by atoms with Crippen LogP contribution in [0.4, 0.5) is 0 Å². The molecule has 1 fully saturated rings. The Hall–Kier alpha value is -0.130. The second-order valence-electron chi connectivity index (χ2n) is 5.45. The number of likely N-dealkylation sites (N-methyl/N-ethyl adjacent to an activating group) is 1. The number of nitrogens with zero attached hydrogens (tertiary/aromatic N) is 1. The molecule has 1 N–H and O–H groups in total. The normalized spacial score (nSPS) is 19.4. The van der Waals surface area contributed by atoms with Crippen LogP contribution >= 0.6 is 0 Å². The van der Waals surface area contributed by atoms with Gasteiger partial charge >= 0.3 is 0 Å². The minimum Gasteiger partial charge on any atom is -0.308 e. The van der Waals surface area contributed by atoms with Gasteiger partial charge < -0.3 is 4.90 Å². The van der Waals surface area contributed by atoms with E-state index in [4.69, 9.17) is 0 Å². The molecule has 0 spiro atoms. The molecule has 16 heavy (non-hydrogen) atoms. The summed E-state index contributed by atoms with van der Waals surface area (Å²) in [5, 5.41) is -0.121. The van der Waals surface area contributed by atoms with Gasteiger partial charge in [-0.15, -0.1) is 0 Å². The molecule has 0 aromatic rings. The summed E-state index contributed by atoms with van der Waals surface area (Å²) >= 11 is 0. The summed E-state index contributed by atoms with van der Waals surface area (Å²) in [5.41, 5.74) is 0. The Morgan fingerprint density at radius 3 is 2.25 bits per heavy atom. The van der Waals surface area contributed by atoms with E-state index in [1.165, 1.54) is 0 Å². The summed E-state index contributed by atoms with van der Waals surface area (Å²) in [7, 11) is 0.888. The second kappa shape index (κ2) is 5.47. The largest absolute Gasteiger partial charge is 0.308 e. The average molecular weight is 248 g/mol. The van der Waals surface area contributed by atoms with Gasteiger partial charge in [-0.2, -0.15) is 0 Å². The monoisotopic (exact) mass is 248 g/mol. The van der Waals surface area contributed by atoms with Crippen molar-refractivity contribution in [3.8, 4) is 0 Å². The summed E-state index contributed by atoms with van der Waals surface area (Å²) in [6.45, 7) is 5.01. The van der Waals surface area contributed by atoms with E-state index in [0.717, 1.165) is 25.8 Å². The molecule has 0 aliphatic heterocycles. The molecule has 1 rings (SSSR count). The highest BCUT2D eigenvalue weighted by Crippen LogP contribution is 2.28. The maximum absolute atomic E-state index is 11.8. The van der Waals surface area contributed by atoms with E-state index in [1.54, 1.807) is 0 Å². The molecule has 96 valence electrons. The third-order valence-electron chi connectivity index (χ3n) is 2.64. The van der Waals surface area contributed by atoms with E-state index in [-0.39, 0.29) is 11.3 Å². The average Bonchev–Trinajstić information content (AvgIpc) is 2.80. The van der Waals surface area contributed by atoms with Crippen molar-refractivity contribution in [2.45, 2.75) is 44.4 Å². The molecule has 0 aromatic heterocycles. The molecule has 1 atom stereocenters. The molecule has 4 nitrogen and oxygen atoms in total. The number of hydrogen-bond donors (Lipinski definition) is 1. The Kier molecular flexibility index (Phi) is 4.76. The molecule has 0 aromatic carbocycles. The zero-order valence-corrected chi connectivity index (χ0v) is 11.5. The number of nitrogens with one attached hydrogen (secondary N) is 1. The fraction of sp³-hybridized carbons (Fsp3) is 1.00. The molecule has 1 unspecified atom stereocenters. The van der Waals surface area contributed by atoms with Crippen LogP contribution in [0.5, 0.6) is 0 Å². The lowest BCUT2D eigenvalue weighted by atomic mass is 10.0. The first-order chi connectivity index (χ1) is 7.31. The zero-order valence-electron chi connectivity index (χ0n) is 10.7. The lowest BCUT2D eigenvalue weighted by Gasteiger charge is -2.23. The SMILES string of the molecule is CC(C)CC(CN(C)C)NS(=O)(=O)C1CC1. The van der Waals surface area contributed by atoms with Crippen molar-refractivity contribution in [2.24, 2.45) is 5.92 Å². The van der Waals surface area contributed by atoms with E-state index in [2.05, 4.69) is 18.6 Å². The second-order valence-corrected chi connectivity index (χ2v) is 7.44. The molecular weight excluding hydrogens is 224 g/mol. The first-order valence-electron chi connectivity index (χ1n) is 5.97.